The van der Waals surface area contributed by atoms with Gasteiger partial charge < -0.3 is 15.4 Å². The van der Waals surface area contributed by atoms with E-state index < -0.39 is 17.4 Å². The Bertz CT molecular complexity index is 442. The van der Waals surface area contributed by atoms with Gasteiger partial charge in [0, 0.05) is 24.4 Å². The summed E-state index contributed by atoms with van der Waals surface area (Å²) in [5.74, 6) is -2.51. The van der Waals surface area contributed by atoms with Crippen LogP contribution < -0.4 is 15.4 Å². The van der Waals surface area contributed by atoms with Crippen molar-refractivity contribution in [3.8, 4) is 5.75 Å². The molecule has 0 radical (unpaired) electrons. The van der Waals surface area contributed by atoms with Crippen molar-refractivity contribution in [2.24, 2.45) is 5.92 Å². The highest BCUT2D eigenvalue weighted by molar-refractivity contribution is 5.93. The van der Waals surface area contributed by atoms with Crippen LogP contribution in [0.5, 0.6) is 5.75 Å². The van der Waals surface area contributed by atoms with Crippen LogP contribution >= 0.6 is 12.4 Å². The number of nitrogens with one attached hydrogen (secondary N) is 2. The van der Waals surface area contributed by atoms with Gasteiger partial charge in [-0.1, -0.05) is 0 Å². The Morgan fingerprint density at radius 1 is 1.42 bits per heavy atom. The molecule has 1 amide bonds. The van der Waals surface area contributed by atoms with E-state index in [0.717, 1.165) is 25.1 Å². The number of benzene rings is 1. The van der Waals surface area contributed by atoms with Crippen molar-refractivity contribution < 1.29 is 18.3 Å². The number of carbonyl (C=O) groups excluding carboxylic acids is 1. The standard InChI is InChI=1S/C12H14F2N2O2.ClH/c1-18-11-9(13)4-8(5-10(11)14)16-12(17)7-2-3-15-6-7;/h4-5,7,15H,2-3,6H2,1H3,(H,16,17);1H. The molecular formula is C12H15ClF2N2O2. The molecule has 4 nitrogen and oxygen atoms in total. The van der Waals surface area contributed by atoms with Crippen molar-refractivity contribution in [2.75, 3.05) is 25.5 Å². The summed E-state index contributed by atoms with van der Waals surface area (Å²) in [5, 5.41) is 5.55. The van der Waals surface area contributed by atoms with E-state index in [2.05, 4.69) is 15.4 Å². The fourth-order valence-corrected chi connectivity index (χ4v) is 1.95. The van der Waals surface area contributed by atoms with E-state index >= 15 is 0 Å². The van der Waals surface area contributed by atoms with Gasteiger partial charge in [-0.15, -0.1) is 12.4 Å². The van der Waals surface area contributed by atoms with Crippen LogP contribution in [0.4, 0.5) is 14.5 Å². The summed E-state index contributed by atoms with van der Waals surface area (Å²) in [6.07, 6.45) is 0.729. The lowest BCUT2D eigenvalue weighted by molar-refractivity contribution is -0.119. The first-order valence-corrected chi connectivity index (χ1v) is 5.66. The highest BCUT2D eigenvalue weighted by Crippen LogP contribution is 2.25. The molecule has 1 aromatic carbocycles. The minimum atomic E-state index is -0.836. The van der Waals surface area contributed by atoms with Crippen LogP contribution in [0.25, 0.3) is 0 Å². The molecule has 7 heteroatoms. The maximum atomic E-state index is 13.4. The third kappa shape index (κ3) is 3.54. The number of halogens is 3. The van der Waals surface area contributed by atoms with Crippen LogP contribution in [0, 0.1) is 17.6 Å². The van der Waals surface area contributed by atoms with Gasteiger partial charge in [-0.3, -0.25) is 4.79 Å². The van der Waals surface area contributed by atoms with Crippen LogP contribution in [0.1, 0.15) is 6.42 Å². The Hall–Kier alpha value is -1.40. The zero-order valence-corrected chi connectivity index (χ0v) is 11.2. The fourth-order valence-electron chi connectivity index (χ4n) is 1.95. The van der Waals surface area contributed by atoms with Crippen molar-refractivity contribution in [3.63, 3.8) is 0 Å². The van der Waals surface area contributed by atoms with Gasteiger partial charge in [0.05, 0.1) is 13.0 Å². The number of amides is 1. The molecule has 1 aliphatic heterocycles. The van der Waals surface area contributed by atoms with Crippen LogP contribution in [0.3, 0.4) is 0 Å². The monoisotopic (exact) mass is 292 g/mol. The lowest BCUT2D eigenvalue weighted by atomic mass is 10.1. The number of methoxy groups -OCH3 is 1. The highest BCUT2D eigenvalue weighted by Gasteiger charge is 2.23. The van der Waals surface area contributed by atoms with E-state index in [0.29, 0.717) is 6.54 Å². The summed E-state index contributed by atoms with van der Waals surface area (Å²) in [4.78, 5) is 11.8. The molecule has 0 aromatic heterocycles. The van der Waals surface area contributed by atoms with Gasteiger partial charge in [0.2, 0.25) is 5.91 Å². The van der Waals surface area contributed by atoms with Crippen LogP contribution in [0.2, 0.25) is 0 Å². The second-order valence-electron chi connectivity index (χ2n) is 4.15. The normalized spacial score (nSPS) is 17.7. The van der Waals surface area contributed by atoms with E-state index in [1.165, 1.54) is 7.11 Å². The second-order valence-corrected chi connectivity index (χ2v) is 4.15. The third-order valence-corrected chi connectivity index (χ3v) is 2.90. The molecule has 1 aromatic rings. The quantitative estimate of drug-likeness (QED) is 0.895. The molecule has 0 aliphatic carbocycles. The predicted octanol–water partition coefficient (Wildman–Crippen LogP) is 1.94. The zero-order chi connectivity index (χ0) is 13.1. The summed E-state index contributed by atoms with van der Waals surface area (Å²) in [7, 11) is 1.18. The molecule has 106 valence electrons. The minimum absolute atomic E-state index is 0. The van der Waals surface area contributed by atoms with E-state index in [1.54, 1.807) is 0 Å². The number of carbonyl (C=O) groups is 1. The number of rotatable bonds is 3. The number of anilines is 1. The molecule has 2 rings (SSSR count). The van der Waals surface area contributed by atoms with Crippen molar-refractivity contribution in [2.45, 2.75) is 6.42 Å². The molecule has 1 atom stereocenters. The van der Waals surface area contributed by atoms with Crippen molar-refractivity contribution in [1.82, 2.24) is 5.32 Å². The zero-order valence-electron chi connectivity index (χ0n) is 10.3. The number of ether oxygens (including phenoxy) is 1. The number of hydrogen-bond acceptors (Lipinski definition) is 3. The highest BCUT2D eigenvalue weighted by atomic mass is 35.5. The first kappa shape index (κ1) is 15.7. The minimum Gasteiger partial charge on any atom is -0.491 e. The molecule has 0 saturated carbocycles. The second kappa shape index (κ2) is 6.68. The smallest absolute Gasteiger partial charge is 0.228 e. The Morgan fingerprint density at radius 2 is 2.05 bits per heavy atom. The van der Waals surface area contributed by atoms with Gasteiger partial charge in [-0.2, -0.15) is 0 Å². The summed E-state index contributed by atoms with van der Waals surface area (Å²) < 4.78 is 31.4. The molecule has 1 unspecified atom stereocenters. The van der Waals surface area contributed by atoms with E-state index in [-0.39, 0.29) is 29.9 Å². The third-order valence-electron chi connectivity index (χ3n) is 2.90. The summed E-state index contributed by atoms with van der Waals surface area (Å²) >= 11 is 0. The lowest BCUT2D eigenvalue weighted by Gasteiger charge is -2.11. The molecular weight excluding hydrogens is 278 g/mol. The van der Waals surface area contributed by atoms with E-state index in [9.17, 15) is 13.6 Å². The molecule has 0 spiro atoms. The molecule has 1 fully saturated rings. The molecule has 19 heavy (non-hydrogen) atoms. The average molecular weight is 293 g/mol. The summed E-state index contributed by atoms with van der Waals surface area (Å²) in [5.41, 5.74) is 0.0997. The van der Waals surface area contributed by atoms with Crippen LogP contribution in [-0.2, 0) is 4.79 Å². The Morgan fingerprint density at radius 3 is 2.53 bits per heavy atom. The molecule has 1 aliphatic rings. The van der Waals surface area contributed by atoms with Gasteiger partial charge >= 0.3 is 0 Å². The first-order chi connectivity index (χ1) is 8.61. The number of hydrogen-bond donors (Lipinski definition) is 2. The summed E-state index contributed by atoms with van der Waals surface area (Å²) in [6.45, 7) is 1.37. The predicted molar refractivity (Wildman–Crippen MR) is 69.8 cm³/mol. The van der Waals surface area contributed by atoms with Gasteiger partial charge in [0.25, 0.3) is 0 Å². The molecule has 0 bridgehead atoms. The molecule has 1 heterocycles. The lowest BCUT2D eigenvalue weighted by Crippen LogP contribution is -2.24. The van der Waals surface area contributed by atoms with Crippen LogP contribution in [-0.4, -0.2) is 26.1 Å². The first-order valence-electron chi connectivity index (χ1n) is 5.66. The van der Waals surface area contributed by atoms with Crippen molar-refractivity contribution in [1.29, 1.82) is 0 Å². The average Bonchev–Trinajstić information content (AvgIpc) is 2.81. The van der Waals surface area contributed by atoms with Gasteiger partial charge in [-0.25, -0.2) is 8.78 Å². The molecule has 2 N–H and O–H groups in total. The maximum Gasteiger partial charge on any atom is 0.228 e. The maximum absolute atomic E-state index is 13.4. The van der Waals surface area contributed by atoms with Crippen molar-refractivity contribution in [3.05, 3.63) is 23.8 Å². The Labute approximate surface area is 115 Å². The fraction of sp³-hybridized carbons (Fsp3) is 0.417. The van der Waals surface area contributed by atoms with Gasteiger partial charge in [0.15, 0.2) is 17.4 Å². The molecule has 1 saturated heterocycles. The Balaban J connectivity index is 0.00000180. The summed E-state index contributed by atoms with van der Waals surface area (Å²) in [6, 6.07) is 2.09. The largest absolute Gasteiger partial charge is 0.491 e. The van der Waals surface area contributed by atoms with Gasteiger partial charge in [0.1, 0.15) is 0 Å². The van der Waals surface area contributed by atoms with E-state index in [4.69, 9.17) is 0 Å². The van der Waals surface area contributed by atoms with Gasteiger partial charge in [-0.05, 0) is 13.0 Å². The topological polar surface area (TPSA) is 50.4 Å². The SMILES string of the molecule is COc1c(F)cc(NC(=O)C2CCNC2)cc1F.Cl. The van der Waals surface area contributed by atoms with E-state index in [1.807, 2.05) is 0 Å². The Kier molecular flexibility index (Phi) is 5.50. The van der Waals surface area contributed by atoms with Crippen molar-refractivity contribution >= 4 is 24.0 Å². The van der Waals surface area contributed by atoms with Crippen LogP contribution in [0.15, 0.2) is 12.1 Å².